The summed E-state index contributed by atoms with van der Waals surface area (Å²) in [4.78, 5) is 0. The molecule has 2 aliphatic rings. The standard InChI is InChI=1S/C13H24FNO/c1-11(2)8-10(12(3,4)16-11)13(14)6-5-9(15)7-13/h9-10H,5-8,15H2,1-4H3. The average Bonchev–Trinajstić information content (AvgIpc) is 2.51. The minimum absolute atomic E-state index is 0.0245. The Labute approximate surface area is 97.7 Å². The Bertz CT molecular complexity index is 290. The van der Waals surface area contributed by atoms with Crippen molar-refractivity contribution < 1.29 is 9.13 Å². The van der Waals surface area contributed by atoms with E-state index in [1.807, 2.05) is 27.7 Å². The Morgan fingerprint density at radius 3 is 2.19 bits per heavy atom. The van der Waals surface area contributed by atoms with E-state index in [2.05, 4.69) is 0 Å². The van der Waals surface area contributed by atoms with E-state index in [9.17, 15) is 4.39 Å². The lowest BCUT2D eigenvalue weighted by molar-refractivity contribution is -0.0935. The molecule has 2 N–H and O–H groups in total. The van der Waals surface area contributed by atoms with Crippen molar-refractivity contribution in [3.8, 4) is 0 Å². The van der Waals surface area contributed by atoms with E-state index >= 15 is 0 Å². The van der Waals surface area contributed by atoms with Gasteiger partial charge in [-0.1, -0.05) is 0 Å². The van der Waals surface area contributed by atoms with Crippen molar-refractivity contribution in [3.63, 3.8) is 0 Å². The molecule has 3 unspecified atom stereocenters. The third-order valence-corrected chi connectivity index (χ3v) is 4.23. The van der Waals surface area contributed by atoms with Gasteiger partial charge in [-0.05, 0) is 53.4 Å². The zero-order valence-corrected chi connectivity index (χ0v) is 10.8. The van der Waals surface area contributed by atoms with Crippen LogP contribution >= 0.6 is 0 Å². The molecule has 3 atom stereocenters. The normalized spacial score (nSPS) is 46.1. The van der Waals surface area contributed by atoms with Gasteiger partial charge in [0.05, 0.1) is 11.2 Å². The van der Waals surface area contributed by atoms with Crippen molar-refractivity contribution in [2.24, 2.45) is 11.7 Å². The van der Waals surface area contributed by atoms with Crippen molar-refractivity contribution >= 4 is 0 Å². The molecule has 1 heterocycles. The molecule has 0 bridgehead atoms. The van der Waals surface area contributed by atoms with Crippen LogP contribution in [0.3, 0.4) is 0 Å². The highest BCUT2D eigenvalue weighted by Gasteiger charge is 2.57. The Morgan fingerprint density at radius 2 is 1.81 bits per heavy atom. The third kappa shape index (κ3) is 2.00. The fraction of sp³-hybridized carbons (Fsp3) is 1.00. The van der Waals surface area contributed by atoms with Crippen LogP contribution < -0.4 is 5.73 Å². The molecule has 16 heavy (non-hydrogen) atoms. The van der Waals surface area contributed by atoms with Gasteiger partial charge in [-0.3, -0.25) is 0 Å². The minimum atomic E-state index is -1.11. The smallest absolute Gasteiger partial charge is 0.118 e. The Hall–Kier alpha value is -0.150. The molecule has 2 fully saturated rings. The maximum atomic E-state index is 14.9. The molecule has 0 aromatic carbocycles. The van der Waals surface area contributed by atoms with E-state index in [0.29, 0.717) is 12.8 Å². The largest absolute Gasteiger partial charge is 0.369 e. The first kappa shape index (κ1) is 12.3. The molecule has 0 radical (unpaired) electrons. The molecule has 0 spiro atoms. The number of hydrogen-bond donors (Lipinski definition) is 1. The predicted molar refractivity (Wildman–Crippen MR) is 63.0 cm³/mol. The number of hydrogen-bond acceptors (Lipinski definition) is 2. The van der Waals surface area contributed by atoms with E-state index in [4.69, 9.17) is 10.5 Å². The van der Waals surface area contributed by atoms with Crippen LogP contribution in [0.15, 0.2) is 0 Å². The molecule has 0 aromatic rings. The summed E-state index contributed by atoms with van der Waals surface area (Å²) in [6, 6.07) is 0.0320. The summed E-state index contributed by atoms with van der Waals surface area (Å²) in [5.74, 6) is -0.0245. The molecule has 1 saturated heterocycles. The van der Waals surface area contributed by atoms with Crippen LogP contribution in [0.1, 0.15) is 53.4 Å². The number of halogens is 1. The molecular weight excluding hydrogens is 205 g/mol. The fourth-order valence-electron chi connectivity index (χ4n) is 3.75. The molecule has 94 valence electrons. The molecular formula is C13H24FNO. The van der Waals surface area contributed by atoms with Gasteiger partial charge in [0, 0.05) is 12.0 Å². The van der Waals surface area contributed by atoms with Crippen LogP contribution in [0, 0.1) is 5.92 Å². The average molecular weight is 229 g/mol. The number of alkyl halides is 1. The monoisotopic (exact) mass is 229 g/mol. The van der Waals surface area contributed by atoms with Gasteiger partial charge in [0.15, 0.2) is 0 Å². The minimum Gasteiger partial charge on any atom is -0.369 e. The highest BCUT2D eigenvalue weighted by Crippen LogP contribution is 2.53. The summed E-state index contributed by atoms with van der Waals surface area (Å²) < 4.78 is 20.9. The SMILES string of the molecule is CC1(C)CC(C2(F)CCC(N)C2)C(C)(C)O1. The maximum Gasteiger partial charge on any atom is 0.118 e. The van der Waals surface area contributed by atoms with Gasteiger partial charge >= 0.3 is 0 Å². The Balaban J connectivity index is 2.21. The van der Waals surface area contributed by atoms with Gasteiger partial charge in [0.25, 0.3) is 0 Å². The molecule has 0 aromatic heterocycles. The molecule has 1 aliphatic carbocycles. The maximum absolute atomic E-state index is 14.9. The van der Waals surface area contributed by atoms with Crippen LogP contribution in [0.4, 0.5) is 4.39 Å². The predicted octanol–water partition coefficient (Wildman–Crippen LogP) is 2.80. The first-order chi connectivity index (χ1) is 7.15. The van der Waals surface area contributed by atoms with E-state index in [-0.39, 0.29) is 23.2 Å². The van der Waals surface area contributed by atoms with Crippen LogP contribution in [0.25, 0.3) is 0 Å². The molecule has 1 aliphatic heterocycles. The van der Waals surface area contributed by atoms with Crippen LogP contribution in [0.5, 0.6) is 0 Å². The van der Waals surface area contributed by atoms with Crippen molar-refractivity contribution in [1.82, 2.24) is 0 Å². The van der Waals surface area contributed by atoms with Gasteiger partial charge in [-0.25, -0.2) is 4.39 Å². The lowest BCUT2D eigenvalue weighted by atomic mass is 9.75. The van der Waals surface area contributed by atoms with E-state index in [1.165, 1.54) is 0 Å². The molecule has 1 saturated carbocycles. The summed E-state index contributed by atoms with van der Waals surface area (Å²) in [5, 5.41) is 0. The first-order valence-electron chi connectivity index (χ1n) is 6.29. The lowest BCUT2D eigenvalue weighted by Gasteiger charge is -2.35. The Morgan fingerprint density at radius 1 is 1.19 bits per heavy atom. The third-order valence-electron chi connectivity index (χ3n) is 4.23. The van der Waals surface area contributed by atoms with Gasteiger partial charge in [-0.2, -0.15) is 0 Å². The van der Waals surface area contributed by atoms with Crippen LogP contribution in [-0.2, 0) is 4.74 Å². The van der Waals surface area contributed by atoms with Gasteiger partial charge < -0.3 is 10.5 Å². The summed E-state index contributed by atoms with van der Waals surface area (Å²) in [6.07, 6.45) is 2.70. The van der Waals surface area contributed by atoms with Crippen LogP contribution in [-0.4, -0.2) is 22.9 Å². The lowest BCUT2D eigenvalue weighted by Crippen LogP contribution is -2.42. The molecule has 3 heteroatoms. The molecule has 2 rings (SSSR count). The molecule has 2 nitrogen and oxygen atoms in total. The molecule has 0 amide bonds. The number of ether oxygens (including phenoxy) is 1. The van der Waals surface area contributed by atoms with Crippen LogP contribution in [0.2, 0.25) is 0 Å². The van der Waals surface area contributed by atoms with E-state index in [1.54, 1.807) is 0 Å². The van der Waals surface area contributed by atoms with Gasteiger partial charge in [-0.15, -0.1) is 0 Å². The summed E-state index contributed by atoms with van der Waals surface area (Å²) in [6.45, 7) is 8.12. The summed E-state index contributed by atoms with van der Waals surface area (Å²) in [5.41, 5.74) is 4.16. The number of rotatable bonds is 1. The van der Waals surface area contributed by atoms with Crippen molar-refractivity contribution in [1.29, 1.82) is 0 Å². The fourth-order valence-corrected chi connectivity index (χ4v) is 3.75. The Kier molecular flexibility index (Phi) is 2.63. The topological polar surface area (TPSA) is 35.2 Å². The quantitative estimate of drug-likeness (QED) is 0.750. The second-order valence-electron chi connectivity index (χ2n) is 6.76. The van der Waals surface area contributed by atoms with Crippen molar-refractivity contribution in [2.75, 3.05) is 0 Å². The summed E-state index contributed by atoms with van der Waals surface area (Å²) >= 11 is 0. The number of nitrogens with two attached hydrogens (primary N) is 1. The highest BCUT2D eigenvalue weighted by atomic mass is 19.1. The van der Waals surface area contributed by atoms with Gasteiger partial charge in [0.1, 0.15) is 5.67 Å². The van der Waals surface area contributed by atoms with Crippen molar-refractivity contribution in [3.05, 3.63) is 0 Å². The first-order valence-corrected chi connectivity index (χ1v) is 6.29. The summed E-state index contributed by atoms with van der Waals surface area (Å²) in [7, 11) is 0. The zero-order chi connectivity index (χ0) is 12.2. The second kappa shape index (κ2) is 3.42. The highest BCUT2D eigenvalue weighted by molar-refractivity contribution is 5.07. The zero-order valence-electron chi connectivity index (χ0n) is 10.8. The van der Waals surface area contributed by atoms with Crippen molar-refractivity contribution in [2.45, 2.75) is 76.3 Å². The second-order valence-corrected chi connectivity index (χ2v) is 6.76. The van der Waals surface area contributed by atoms with E-state index in [0.717, 1.165) is 12.8 Å². The van der Waals surface area contributed by atoms with Gasteiger partial charge in [0.2, 0.25) is 0 Å². The van der Waals surface area contributed by atoms with E-state index < -0.39 is 5.67 Å².